The summed E-state index contributed by atoms with van der Waals surface area (Å²) in [5, 5.41) is 10.3. The number of ether oxygens (including phenoxy) is 2. The van der Waals surface area contributed by atoms with Crippen LogP contribution in [-0.4, -0.2) is 60.5 Å². The molecular weight excluding hydrogens is 514 g/mol. The summed E-state index contributed by atoms with van der Waals surface area (Å²) in [6.45, 7) is 11.1. The van der Waals surface area contributed by atoms with Gasteiger partial charge in [-0.05, 0) is 43.0 Å². The van der Waals surface area contributed by atoms with Crippen LogP contribution in [0.5, 0.6) is 5.75 Å². The van der Waals surface area contributed by atoms with Gasteiger partial charge >= 0.3 is 6.03 Å². The number of nitrogens with one attached hydrogen (secondary N) is 2. The Morgan fingerprint density at radius 3 is 2.72 bits per heavy atom. The van der Waals surface area contributed by atoms with Crippen molar-refractivity contribution >= 4 is 33.4 Å². The molecular formula is C29H33N5O4S. The second kappa shape index (κ2) is 12.0. The molecule has 2 amide bonds. The van der Waals surface area contributed by atoms with Gasteiger partial charge in [0.1, 0.15) is 18.1 Å². The van der Waals surface area contributed by atoms with Crippen LogP contribution in [0.25, 0.3) is 10.2 Å². The molecule has 1 aliphatic carbocycles. The lowest BCUT2D eigenvalue weighted by Gasteiger charge is -2.26. The Morgan fingerprint density at radius 2 is 1.97 bits per heavy atom. The molecule has 2 aliphatic rings. The van der Waals surface area contributed by atoms with Crippen LogP contribution in [0.3, 0.4) is 0 Å². The van der Waals surface area contributed by atoms with Gasteiger partial charge in [-0.3, -0.25) is 10.2 Å². The number of aromatic nitrogens is 2. The predicted molar refractivity (Wildman–Crippen MR) is 152 cm³/mol. The Bertz CT molecular complexity index is 1450. The van der Waals surface area contributed by atoms with E-state index < -0.39 is 0 Å². The zero-order chi connectivity index (χ0) is 27.2. The summed E-state index contributed by atoms with van der Waals surface area (Å²) in [4.78, 5) is 19.4. The van der Waals surface area contributed by atoms with Crippen LogP contribution in [0.1, 0.15) is 44.4 Å². The van der Waals surface area contributed by atoms with Gasteiger partial charge in [-0.15, -0.1) is 11.3 Å². The van der Waals surface area contributed by atoms with E-state index in [1.54, 1.807) is 17.4 Å². The van der Waals surface area contributed by atoms with Crippen LogP contribution in [0, 0.1) is 11.8 Å². The number of nitrogens with zero attached hydrogens (tertiary/aromatic N) is 3. The Kier molecular flexibility index (Phi) is 8.31. The highest BCUT2D eigenvalue weighted by atomic mass is 32.1. The summed E-state index contributed by atoms with van der Waals surface area (Å²) in [6.07, 6.45) is 5.25. The number of fused-ring (bicyclic) bond motifs is 1. The maximum absolute atomic E-state index is 12.4. The van der Waals surface area contributed by atoms with E-state index in [2.05, 4.69) is 37.5 Å². The Hall–Kier alpha value is -3.65. The maximum atomic E-state index is 12.4. The van der Waals surface area contributed by atoms with E-state index in [0.29, 0.717) is 24.6 Å². The van der Waals surface area contributed by atoms with Crippen molar-refractivity contribution in [3.05, 3.63) is 58.5 Å². The van der Waals surface area contributed by atoms with Crippen molar-refractivity contribution in [2.45, 2.75) is 39.0 Å². The number of hydrogen-bond donors (Lipinski definition) is 2. The van der Waals surface area contributed by atoms with Gasteiger partial charge in [0.2, 0.25) is 0 Å². The molecule has 0 unspecified atom stereocenters. The van der Waals surface area contributed by atoms with Crippen molar-refractivity contribution in [2.75, 3.05) is 44.8 Å². The van der Waals surface area contributed by atoms with Gasteiger partial charge in [0.05, 0.1) is 23.4 Å². The van der Waals surface area contributed by atoms with E-state index in [1.807, 2.05) is 51.1 Å². The highest BCUT2D eigenvalue weighted by Gasteiger charge is 2.20. The van der Waals surface area contributed by atoms with Crippen LogP contribution >= 0.6 is 11.3 Å². The van der Waals surface area contributed by atoms with Gasteiger partial charge in [-0.1, -0.05) is 31.8 Å². The molecule has 3 heterocycles. The highest BCUT2D eigenvalue weighted by Crippen LogP contribution is 2.27. The van der Waals surface area contributed by atoms with Gasteiger partial charge in [0.25, 0.3) is 0 Å². The molecule has 3 aromatic rings. The van der Waals surface area contributed by atoms with Crippen molar-refractivity contribution < 1.29 is 18.8 Å². The number of rotatable bonds is 6. The number of urea groups is 1. The van der Waals surface area contributed by atoms with E-state index in [1.165, 1.54) is 0 Å². The van der Waals surface area contributed by atoms with Gasteiger partial charge in [0, 0.05) is 48.5 Å². The van der Waals surface area contributed by atoms with Crippen LogP contribution in [0.2, 0.25) is 0 Å². The molecule has 1 aromatic carbocycles. The van der Waals surface area contributed by atoms with E-state index in [0.717, 1.165) is 71.5 Å². The first-order valence-corrected chi connectivity index (χ1v) is 13.9. The number of anilines is 1. The minimum Gasteiger partial charge on any atom is -0.492 e. The number of morpholine rings is 1. The molecule has 10 heteroatoms. The molecule has 0 atom stereocenters. The average molecular weight is 548 g/mol. The molecule has 1 fully saturated rings. The van der Waals surface area contributed by atoms with Crippen molar-refractivity contribution in [1.82, 2.24) is 20.4 Å². The minimum atomic E-state index is -0.350. The van der Waals surface area contributed by atoms with Gasteiger partial charge in [-0.25, -0.2) is 9.78 Å². The van der Waals surface area contributed by atoms with E-state index in [4.69, 9.17) is 14.0 Å². The minimum absolute atomic E-state index is 0.177. The SMILES string of the molecule is CC(C)(C)c1cc(NC(=O)NC2=CC=C(C#Cc3nc4cc(OCCN5CCOCC5)ccc4s3)CC2)no1. The topological polar surface area (TPSA) is 102 Å². The fraction of sp³-hybridized carbons (Fsp3) is 0.414. The standard InChI is InChI=1S/C29H33N5O4S/c1-29(2,3)25-19-26(33-38-25)32-28(35)30-21-7-4-20(5-8-21)6-11-27-31-23-18-22(9-10-24(23)39-27)37-17-14-34-12-15-36-16-13-34/h4,7,9-10,18-19H,5,8,12-17H2,1-3H3,(H2,30,32,33,35). The first-order valence-electron chi connectivity index (χ1n) is 13.1. The van der Waals surface area contributed by atoms with Crippen LogP contribution in [0.15, 0.2) is 52.2 Å². The first-order chi connectivity index (χ1) is 18.8. The normalized spacial score (nSPS) is 16.2. The van der Waals surface area contributed by atoms with Gasteiger partial charge in [0.15, 0.2) is 10.8 Å². The van der Waals surface area contributed by atoms with Crippen molar-refractivity contribution in [1.29, 1.82) is 0 Å². The highest BCUT2D eigenvalue weighted by molar-refractivity contribution is 7.19. The smallest absolute Gasteiger partial charge is 0.324 e. The van der Waals surface area contributed by atoms with Crippen molar-refractivity contribution in [3.63, 3.8) is 0 Å². The first kappa shape index (κ1) is 26.9. The molecule has 0 spiro atoms. The lowest BCUT2D eigenvalue weighted by molar-refractivity contribution is 0.0322. The molecule has 0 radical (unpaired) electrons. The number of carbonyl (C=O) groups is 1. The second-order valence-corrected chi connectivity index (χ2v) is 11.5. The number of allylic oxidation sites excluding steroid dienone is 4. The molecule has 204 valence electrons. The fourth-order valence-corrected chi connectivity index (χ4v) is 4.93. The molecule has 39 heavy (non-hydrogen) atoms. The van der Waals surface area contributed by atoms with Gasteiger partial charge < -0.3 is 19.3 Å². The summed E-state index contributed by atoms with van der Waals surface area (Å²) >= 11 is 1.57. The van der Waals surface area contributed by atoms with E-state index in [-0.39, 0.29) is 11.4 Å². The lowest BCUT2D eigenvalue weighted by Crippen LogP contribution is -2.38. The fourth-order valence-electron chi connectivity index (χ4n) is 4.13. The molecule has 5 rings (SSSR count). The van der Waals surface area contributed by atoms with Gasteiger partial charge in [-0.2, -0.15) is 0 Å². The zero-order valence-electron chi connectivity index (χ0n) is 22.5. The number of amides is 2. The second-order valence-electron chi connectivity index (χ2n) is 10.5. The third kappa shape index (κ3) is 7.47. The number of carbonyl (C=O) groups excluding carboxylic acids is 1. The monoisotopic (exact) mass is 547 g/mol. The molecule has 9 nitrogen and oxygen atoms in total. The number of thiazole rings is 1. The lowest BCUT2D eigenvalue weighted by atomic mass is 9.93. The molecule has 1 aliphatic heterocycles. The summed E-state index contributed by atoms with van der Waals surface area (Å²) in [5.41, 5.74) is 2.53. The summed E-state index contributed by atoms with van der Waals surface area (Å²) in [6, 6.07) is 7.39. The van der Waals surface area contributed by atoms with Crippen LogP contribution in [-0.2, 0) is 10.2 Å². The van der Waals surface area contributed by atoms with Crippen LogP contribution < -0.4 is 15.4 Å². The quantitative estimate of drug-likeness (QED) is 0.416. The molecule has 2 aromatic heterocycles. The Balaban J connectivity index is 1.13. The molecule has 1 saturated heterocycles. The number of hydrogen-bond acceptors (Lipinski definition) is 8. The average Bonchev–Trinajstić information content (AvgIpc) is 3.55. The molecule has 2 N–H and O–H groups in total. The predicted octanol–water partition coefficient (Wildman–Crippen LogP) is 5.07. The number of benzene rings is 1. The van der Waals surface area contributed by atoms with Crippen LogP contribution in [0.4, 0.5) is 10.6 Å². The maximum Gasteiger partial charge on any atom is 0.324 e. The van der Waals surface area contributed by atoms with Crippen molar-refractivity contribution in [2.24, 2.45) is 0 Å². The summed E-state index contributed by atoms with van der Waals surface area (Å²) in [7, 11) is 0. The third-order valence-electron chi connectivity index (χ3n) is 6.38. The summed E-state index contributed by atoms with van der Waals surface area (Å²) in [5.74, 6) is 8.35. The summed E-state index contributed by atoms with van der Waals surface area (Å²) < 4.78 is 17.7. The zero-order valence-corrected chi connectivity index (χ0v) is 23.3. The Labute approximate surface area is 232 Å². The van der Waals surface area contributed by atoms with E-state index in [9.17, 15) is 4.79 Å². The van der Waals surface area contributed by atoms with E-state index >= 15 is 0 Å². The third-order valence-corrected chi connectivity index (χ3v) is 7.34. The molecule has 0 bridgehead atoms. The largest absolute Gasteiger partial charge is 0.492 e. The van der Waals surface area contributed by atoms with Crippen molar-refractivity contribution in [3.8, 4) is 17.6 Å². The Morgan fingerprint density at radius 1 is 1.13 bits per heavy atom. The molecule has 0 saturated carbocycles.